The smallest absolute Gasteiger partial charge is 0.329 e. The second-order valence-electron chi connectivity index (χ2n) is 9.67. The highest BCUT2D eigenvalue weighted by Crippen LogP contribution is 2.36. The van der Waals surface area contributed by atoms with E-state index in [9.17, 15) is 18.3 Å². The number of aromatic nitrogens is 5. The molecule has 1 unspecified atom stereocenters. The number of imidazole rings is 2. The van der Waals surface area contributed by atoms with Gasteiger partial charge in [0, 0.05) is 23.8 Å². The van der Waals surface area contributed by atoms with Crippen molar-refractivity contribution in [3.8, 4) is 0 Å². The van der Waals surface area contributed by atoms with Crippen LogP contribution in [0, 0.1) is 0 Å². The van der Waals surface area contributed by atoms with Crippen molar-refractivity contribution in [1.29, 1.82) is 0 Å². The molecular formula is C24H27ClN6O4S. The normalized spacial score (nSPS) is 17.3. The lowest BCUT2D eigenvalue weighted by Crippen LogP contribution is -2.36. The van der Waals surface area contributed by atoms with Crippen molar-refractivity contribution >= 4 is 43.7 Å². The zero-order chi connectivity index (χ0) is 25.0. The highest BCUT2D eigenvalue weighted by Gasteiger charge is 2.36. The number of aliphatic hydroxyl groups excluding tert-OH is 1. The van der Waals surface area contributed by atoms with E-state index in [2.05, 4.69) is 9.71 Å². The molecule has 2 aliphatic rings. The van der Waals surface area contributed by atoms with Crippen molar-refractivity contribution < 1.29 is 13.5 Å². The number of benzene rings is 1. The molecule has 0 aliphatic heterocycles. The number of hydrogen-bond acceptors (Lipinski definition) is 6. The lowest BCUT2D eigenvalue weighted by atomic mass is 10.2. The van der Waals surface area contributed by atoms with Gasteiger partial charge in [0.2, 0.25) is 10.0 Å². The number of aliphatic hydroxyl groups is 1. The average molecular weight is 531 g/mol. The van der Waals surface area contributed by atoms with Crippen LogP contribution in [0.2, 0.25) is 5.02 Å². The molecule has 6 rings (SSSR count). The molecule has 36 heavy (non-hydrogen) atoms. The first-order valence-electron chi connectivity index (χ1n) is 12.2. The Bertz CT molecular complexity index is 1620. The zero-order valence-electron chi connectivity index (χ0n) is 19.5. The van der Waals surface area contributed by atoms with E-state index in [4.69, 9.17) is 16.6 Å². The minimum absolute atomic E-state index is 0.0814. The average Bonchev–Trinajstić information content (AvgIpc) is 3.75. The maximum Gasteiger partial charge on any atom is 0.329 e. The van der Waals surface area contributed by atoms with Gasteiger partial charge in [0.1, 0.15) is 12.1 Å². The van der Waals surface area contributed by atoms with Crippen LogP contribution < -0.4 is 10.4 Å². The van der Waals surface area contributed by atoms with Crippen molar-refractivity contribution in [2.24, 2.45) is 0 Å². The lowest BCUT2D eigenvalue weighted by molar-refractivity contribution is 0.149. The summed E-state index contributed by atoms with van der Waals surface area (Å²) in [5.74, 6) is 0.682. The Morgan fingerprint density at radius 1 is 1.11 bits per heavy atom. The number of nitrogens with one attached hydrogen (secondary N) is 1. The number of pyridine rings is 1. The van der Waals surface area contributed by atoms with Gasteiger partial charge in [0.25, 0.3) is 0 Å². The second kappa shape index (κ2) is 8.98. The predicted molar refractivity (Wildman–Crippen MR) is 136 cm³/mol. The lowest BCUT2D eigenvalue weighted by Gasteiger charge is -2.14. The molecule has 190 valence electrons. The van der Waals surface area contributed by atoms with Crippen molar-refractivity contribution in [2.75, 3.05) is 0 Å². The molecule has 3 aromatic heterocycles. The highest BCUT2D eigenvalue weighted by molar-refractivity contribution is 7.90. The second-order valence-corrected chi connectivity index (χ2v) is 12.1. The summed E-state index contributed by atoms with van der Waals surface area (Å²) in [6, 6.07) is 7.56. The van der Waals surface area contributed by atoms with Crippen LogP contribution in [0.3, 0.4) is 0 Å². The van der Waals surface area contributed by atoms with E-state index in [0.717, 1.165) is 29.4 Å². The summed E-state index contributed by atoms with van der Waals surface area (Å²) in [7, 11) is -3.46. The maximum atomic E-state index is 13.4. The fraction of sp³-hybridized carbons (Fsp3) is 0.458. The summed E-state index contributed by atoms with van der Waals surface area (Å²) in [4.78, 5) is 22.4. The summed E-state index contributed by atoms with van der Waals surface area (Å²) in [6.45, 7) is 0.744. The van der Waals surface area contributed by atoms with Crippen LogP contribution in [0.5, 0.6) is 0 Å². The van der Waals surface area contributed by atoms with Crippen LogP contribution in [0.4, 0.5) is 0 Å². The van der Waals surface area contributed by atoms with Crippen molar-refractivity contribution in [3.05, 3.63) is 58.0 Å². The van der Waals surface area contributed by atoms with Gasteiger partial charge in [-0.2, -0.15) is 4.72 Å². The summed E-state index contributed by atoms with van der Waals surface area (Å²) in [5.41, 5.74) is 3.12. The van der Waals surface area contributed by atoms with Crippen LogP contribution in [0.15, 0.2) is 41.5 Å². The third kappa shape index (κ3) is 4.45. The van der Waals surface area contributed by atoms with Crippen LogP contribution in [0.25, 0.3) is 22.1 Å². The van der Waals surface area contributed by atoms with Gasteiger partial charge in [0.15, 0.2) is 0 Å². The summed E-state index contributed by atoms with van der Waals surface area (Å²) < 4.78 is 32.2. The maximum absolute atomic E-state index is 13.4. The molecule has 1 atom stereocenters. The Morgan fingerprint density at radius 3 is 2.67 bits per heavy atom. The van der Waals surface area contributed by atoms with E-state index in [1.807, 2.05) is 21.3 Å². The number of aryl methyl sites for hydroxylation is 1. The molecule has 2 aliphatic carbocycles. The first kappa shape index (κ1) is 23.7. The molecule has 12 heteroatoms. The Balaban J connectivity index is 1.29. The van der Waals surface area contributed by atoms with Gasteiger partial charge >= 0.3 is 5.69 Å². The first-order valence-corrected chi connectivity index (χ1v) is 14.1. The molecule has 0 radical (unpaired) electrons. The third-order valence-corrected chi connectivity index (χ3v) is 9.07. The molecule has 0 saturated heterocycles. The fourth-order valence-electron chi connectivity index (χ4n) is 4.80. The van der Waals surface area contributed by atoms with E-state index >= 15 is 0 Å². The number of halogens is 1. The molecule has 2 fully saturated rings. The van der Waals surface area contributed by atoms with Crippen LogP contribution in [-0.4, -0.2) is 48.7 Å². The molecule has 0 bridgehead atoms. The van der Waals surface area contributed by atoms with Gasteiger partial charge in [-0.15, -0.1) is 0 Å². The quantitative estimate of drug-likeness (QED) is 0.304. The largest absolute Gasteiger partial charge is 0.378 e. The van der Waals surface area contributed by atoms with E-state index in [1.54, 1.807) is 29.1 Å². The van der Waals surface area contributed by atoms with Crippen molar-refractivity contribution in [3.63, 3.8) is 0 Å². The topological polar surface area (TPSA) is 124 Å². The Kier molecular flexibility index (Phi) is 5.90. The monoisotopic (exact) mass is 530 g/mol. The number of rotatable bonds is 10. The Morgan fingerprint density at radius 2 is 1.92 bits per heavy atom. The number of hydrogen-bond donors (Lipinski definition) is 2. The van der Waals surface area contributed by atoms with E-state index in [1.165, 1.54) is 0 Å². The fourth-order valence-corrected chi connectivity index (χ4v) is 6.41. The molecule has 1 aromatic carbocycles. The van der Waals surface area contributed by atoms with Gasteiger partial charge in [-0.25, -0.2) is 18.2 Å². The zero-order valence-corrected chi connectivity index (χ0v) is 21.1. The molecule has 3 heterocycles. The molecule has 0 spiro atoms. The van der Waals surface area contributed by atoms with E-state index < -0.39 is 16.3 Å². The van der Waals surface area contributed by atoms with Crippen LogP contribution in [-0.2, 0) is 23.1 Å². The van der Waals surface area contributed by atoms with Gasteiger partial charge in [-0.3, -0.25) is 14.1 Å². The van der Waals surface area contributed by atoms with Gasteiger partial charge < -0.3 is 9.67 Å². The SMILES string of the molecule is O=c1n(Cc2nc3cc(Cl)ccc3n2CCCC(O)NS(=O)(=O)C2CC2)c2cnccc2n1C1CC1. The summed E-state index contributed by atoms with van der Waals surface area (Å²) in [5, 5.41) is 10.5. The minimum atomic E-state index is -3.46. The van der Waals surface area contributed by atoms with Gasteiger partial charge in [-0.1, -0.05) is 11.6 Å². The predicted octanol–water partition coefficient (Wildman–Crippen LogP) is 2.76. The third-order valence-electron chi connectivity index (χ3n) is 6.89. The summed E-state index contributed by atoms with van der Waals surface area (Å²) in [6.07, 6.45) is 6.29. The summed E-state index contributed by atoms with van der Waals surface area (Å²) >= 11 is 6.21. The van der Waals surface area contributed by atoms with Crippen LogP contribution >= 0.6 is 11.6 Å². The van der Waals surface area contributed by atoms with E-state index in [-0.39, 0.29) is 29.9 Å². The Hall–Kier alpha value is -2.73. The number of nitrogens with zero attached hydrogens (tertiary/aromatic N) is 5. The molecule has 10 nitrogen and oxygen atoms in total. The molecular weight excluding hydrogens is 504 g/mol. The number of fused-ring (bicyclic) bond motifs is 2. The van der Waals surface area contributed by atoms with E-state index in [0.29, 0.717) is 42.2 Å². The van der Waals surface area contributed by atoms with Crippen molar-refractivity contribution in [2.45, 2.75) is 69.1 Å². The van der Waals surface area contributed by atoms with Gasteiger partial charge in [0.05, 0.1) is 40.1 Å². The minimum Gasteiger partial charge on any atom is -0.378 e. The molecule has 2 N–H and O–H groups in total. The molecule has 4 aromatic rings. The van der Waals surface area contributed by atoms with Crippen LogP contribution in [0.1, 0.15) is 50.4 Å². The first-order chi connectivity index (χ1) is 17.3. The number of sulfonamides is 1. The van der Waals surface area contributed by atoms with Crippen molar-refractivity contribution in [1.82, 2.24) is 28.4 Å². The van der Waals surface area contributed by atoms with Gasteiger partial charge in [-0.05, 0) is 62.8 Å². The molecule has 0 amide bonds. The standard InChI is InChI=1S/C24H27ClN6O4S/c25-15-3-8-19-18(12-15)27-22(29(19)11-1-2-23(32)28-36(34,35)17-6-7-17)14-30-21-13-26-10-9-20(21)31(24(30)33)16-4-5-16/h3,8-10,12-13,16-17,23,28,32H,1-2,4-7,11,14H2. The Labute approximate surface area is 212 Å². The highest BCUT2D eigenvalue weighted by atomic mass is 35.5. The molecule has 2 saturated carbocycles.